The Balaban J connectivity index is 2.51. The molecular weight excluding hydrogens is 213 g/mol. The minimum atomic E-state index is -4.19. The molecule has 0 saturated carbocycles. The van der Waals surface area contributed by atoms with Crippen molar-refractivity contribution in [2.45, 2.75) is 32.0 Å². The Labute approximate surface area is 84.2 Å². The number of rotatable bonds is 3. The molecule has 1 N–H and O–H groups in total. The molecule has 5 heteroatoms. The highest BCUT2D eigenvalue weighted by atomic mass is 32.1. The van der Waals surface area contributed by atoms with Crippen LogP contribution in [0.15, 0.2) is 11.4 Å². The Kier molecular flexibility index (Phi) is 3.55. The van der Waals surface area contributed by atoms with Gasteiger partial charge in [-0.2, -0.15) is 13.2 Å². The van der Waals surface area contributed by atoms with E-state index in [-0.39, 0.29) is 6.42 Å². The quantitative estimate of drug-likeness (QED) is 0.833. The van der Waals surface area contributed by atoms with E-state index >= 15 is 0 Å². The van der Waals surface area contributed by atoms with Gasteiger partial charge in [0.25, 0.3) is 0 Å². The van der Waals surface area contributed by atoms with Gasteiger partial charge in [0.05, 0.1) is 6.10 Å². The van der Waals surface area contributed by atoms with Crippen LogP contribution in [-0.2, 0) is 0 Å². The van der Waals surface area contributed by atoms with Crippen molar-refractivity contribution in [1.82, 2.24) is 0 Å². The fourth-order valence-corrected chi connectivity index (χ4v) is 1.96. The van der Waals surface area contributed by atoms with Crippen molar-refractivity contribution in [1.29, 1.82) is 0 Å². The van der Waals surface area contributed by atoms with Gasteiger partial charge in [-0.25, -0.2) is 0 Å². The molecule has 0 saturated heterocycles. The summed E-state index contributed by atoms with van der Waals surface area (Å²) in [5.74, 6) is 0. The molecule has 1 aromatic rings. The standard InChI is InChI=1S/C9H11F3OS/c1-6-7(3-5-14-6)8(13)2-4-9(10,11)12/h3,5,8,13H,2,4H2,1H3. The number of hydrogen-bond acceptors (Lipinski definition) is 2. The fourth-order valence-electron chi connectivity index (χ4n) is 1.20. The second-order valence-electron chi connectivity index (χ2n) is 3.10. The van der Waals surface area contributed by atoms with Gasteiger partial charge in [0.1, 0.15) is 0 Å². The molecule has 1 aromatic heterocycles. The molecule has 1 atom stereocenters. The van der Waals surface area contributed by atoms with E-state index in [4.69, 9.17) is 0 Å². The molecule has 1 rings (SSSR count). The summed E-state index contributed by atoms with van der Waals surface area (Å²) in [4.78, 5) is 0.875. The summed E-state index contributed by atoms with van der Waals surface area (Å²) in [7, 11) is 0. The van der Waals surface area contributed by atoms with Crippen LogP contribution < -0.4 is 0 Å². The number of aliphatic hydroxyl groups excluding tert-OH is 1. The summed E-state index contributed by atoms with van der Waals surface area (Å²) < 4.78 is 35.5. The molecular formula is C9H11F3OS. The van der Waals surface area contributed by atoms with Crippen LogP contribution in [0, 0.1) is 6.92 Å². The van der Waals surface area contributed by atoms with Gasteiger partial charge in [-0.15, -0.1) is 11.3 Å². The van der Waals surface area contributed by atoms with Crippen LogP contribution in [-0.4, -0.2) is 11.3 Å². The highest BCUT2D eigenvalue weighted by Gasteiger charge is 2.28. The second-order valence-corrected chi connectivity index (χ2v) is 4.22. The summed E-state index contributed by atoms with van der Waals surface area (Å²) >= 11 is 1.42. The zero-order chi connectivity index (χ0) is 10.8. The molecule has 0 aliphatic heterocycles. The number of hydrogen-bond donors (Lipinski definition) is 1. The molecule has 0 aromatic carbocycles. The van der Waals surface area contributed by atoms with E-state index in [0.29, 0.717) is 5.56 Å². The van der Waals surface area contributed by atoms with Gasteiger partial charge >= 0.3 is 6.18 Å². The first-order valence-electron chi connectivity index (χ1n) is 4.19. The average Bonchev–Trinajstić information content (AvgIpc) is 2.46. The van der Waals surface area contributed by atoms with Gasteiger partial charge in [-0.1, -0.05) is 0 Å². The van der Waals surface area contributed by atoms with Crippen LogP contribution in [0.25, 0.3) is 0 Å². The van der Waals surface area contributed by atoms with Crippen molar-refractivity contribution in [3.8, 4) is 0 Å². The van der Waals surface area contributed by atoms with E-state index in [1.165, 1.54) is 11.3 Å². The van der Waals surface area contributed by atoms with E-state index in [1.54, 1.807) is 18.4 Å². The second kappa shape index (κ2) is 4.31. The molecule has 0 aliphatic rings. The molecule has 14 heavy (non-hydrogen) atoms. The summed E-state index contributed by atoms with van der Waals surface area (Å²) in [5, 5.41) is 11.2. The van der Waals surface area contributed by atoms with Crippen molar-refractivity contribution in [3.05, 3.63) is 21.9 Å². The highest BCUT2D eigenvalue weighted by molar-refractivity contribution is 7.10. The minimum absolute atomic E-state index is 0.263. The highest BCUT2D eigenvalue weighted by Crippen LogP contribution is 2.30. The molecule has 0 bridgehead atoms. The normalized spacial score (nSPS) is 14.4. The van der Waals surface area contributed by atoms with Crippen LogP contribution in [0.5, 0.6) is 0 Å². The lowest BCUT2D eigenvalue weighted by atomic mass is 10.1. The summed E-state index contributed by atoms with van der Waals surface area (Å²) in [6.45, 7) is 1.79. The first kappa shape index (κ1) is 11.5. The zero-order valence-corrected chi connectivity index (χ0v) is 8.45. The van der Waals surface area contributed by atoms with Crippen LogP contribution in [0.3, 0.4) is 0 Å². The molecule has 1 nitrogen and oxygen atoms in total. The third-order valence-corrected chi connectivity index (χ3v) is 2.82. The number of halogens is 3. The van der Waals surface area contributed by atoms with Crippen LogP contribution in [0.4, 0.5) is 13.2 Å². The Morgan fingerprint density at radius 1 is 1.50 bits per heavy atom. The Morgan fingerprint density at radius 3 is 2.57 bits per heavy atom. The number of alkyl halides is 3. The third kappa shape index (κ3) is 3.31. The van der Waals surface area contributed by atoms with Crippen molar-refractivity contribution < 1.29 is 18.3 Å². The number of thiophene rings is 1. The lowest BCUT2D eigenvalue weighted by Crippen LogP contribution is -2.10. The predicted octanol–water partition coefficient (Wildman–Crippen LogP) is 3.43. The average molecular weight is 224 g/mol. The van der Waals surface area contributed by atoms with Crippen LogP contribution >= 0.6 is 11.3 Å². The third-order valence-electron chi connectivity index (χ3n) is 1.96. The van der Waals surface area contributed by atoms with Gasteiger partial charge in [0.2, 0.25) is 0 Å². The number of aryl methyl sites for hydroxylation is 1. The van der Waals surface area contributed by atoms with E-state index in [9.17, 15) is 18.3 Å². The van der Waals surface area contributed by atoms with Crippen molar-refractivity contribution in [2.24, 2.45) is 0 Å². The Bertz CT molecular complexity index is 292. The van der Waals surface area contributed by atoms with Gasteiger partial charge in [0.15, 0.2) is 0 Å². The molecule has 0 radical (unpaired) electrons. The first-order chi connectivity index (χ1) is 6.40. The molecule has 0 fully saturated rings. The maximum absolute atomic E-state index is 11.8. The van der Waals surface area contributed by atoms with E-state index in [0.717, 1.165) is 4.88 Å². The summed E-state index contributed by atoms with van der Waals surface area (Å²) in [5.41, 5.74) is 0.610. The first-order valence-corrected chi connectivity index (χ1v) is 5.07. The van der Waals surface area contributed by atoms with Gasteiger partial charge < -0.3 is 5.11 Å². The van der Waals surface area contributed by atoms with Crippen LogP contribution in [0.1, 0.15) is 29.4 Å². The summed E-state index contributed by atoms with van der Waals surface area (Å²) in [6.07, 6.45) is -6.39. The van der Waals surface area contributed by atoms with Crippen LogP contribution in [0.2, 0.25) is 0 Å². The number of aliphatic hydroxyl groups is 1. The fraction of sp³-hybridized carbons (Fsp3) is 0.556. The molecule has 0 amide bonds. The maximum Gasteiger partial charge on any atom is 0.389 e. The molecule has 1 heterocycles. The Hall–Kier alpha value is -0.550. The predicted molar refractivity (Wildman–Crippen MR) is 49.3 cm³/mol. The Morgan fingerprint density at radius 2 is 2.14 bits per heavy atom. The maximum atomic E-state index is 11.8. The molecule has 0 aliphatic carbocycles. The zero-order valence-electron chi connectivity index (χ0n) is 7.64. The van der Waals surface area contributed by atoms with Crippen molar-refractivity contribution >= 4 is 11.3 Å². The van der Waals surface area contributed by atoms with Crippen molar-refractivity contribution in [3.63, 3.8) is 0 Å². The van der Waals surface area contributed by atoms with Gasteiger partial charge in [-0.05, 0) is 30.4 Å². The molecule has 80 valence electrons. The topological polar surface area (TPSA) is 20.2 Å². The van der Waals surface area contributed by atoms with E-state index < -0.39 is 18.7 Å². The SMILES string of the molecule is Cc1sccc1C(O)CCC(F)(F)F. The smallest absolute Gasteiger partial charge is 0.388 e. The molecule has 0 spiro atoms. The summed E-state index contributed by atoms with van der Waals surface area (Å²) in [6, 6.07) is 1.67. The molecule has 1 unspecified atom stereocenters. The van der Waals surface area contributed by atoms with Gasteiger partial charge in [0, 0.05) is 11.3 Å². The lowest BCUT2D eigenvalue weighted by molar-refractivity contribution is -0.140. The van der Waals surface area contributed by atoms with Gasteiger partial charge in [-0.3, -0.25) is 0 Å². The minimum Gasteiger partial charge on any atom is -0.388 e. The lowest BCUT2D eigenvalue weighted by Gasteiger charge is -2.11. The largest absolute Gasteiger partial charge is 0.389 e. The monoisotopic (exact) mass is 224 g/mol. The van der Waals surface area contributed by atoms with Crippen molar-refractivity contribution in [2.75, 3.05) is 0 Å². The van der Waals surface area contributed by atoms with E-state index in [1.807, 2.05) is 0 Å². The van der Waals surface area contributed by atoms with E-state index in [2.05, 4.69) is 0 Å².